The van der Waals surface area contributed by atoms with Crippen molar-refractivity contribution in [3.63, 3.8) is 0 Å². The monoisotopic (exact) mass is 364 g/mol. The zero-order chi connectivity index (χ0) is 19.0. The van der Waals surface area contributed by atoms with E-state index < -0.39 is 0 Å². The van der Waals surface area contributed by atoms with E-state index in [1.165, 1.54) is 6.33 Å². The summed E-state index contributed by atoms with van der Waals surface area (Å²) in [6.45, 7) is 4.90. The van der Waals surface area contributed by atoms with E-state index >= 15 is 0 Å². The molecule has 1 amide bonds. The minimum atomic E-state index is -0.157. The fourth-order valence-electron chi connectivity index (χ4n) is 3.45. The van der Waals surface area contributed by atoms with Crippen LogP contribution in [0.2, 0.25) is 0 Å². The second-order valence-electron chi connectivity index (χ2n) is 6.68. The van der Waals surface area contributed by atoms with Gasteiger partial charge in [-0.05, 0) is 30.3 Å². The summed E-state index contributed by atoms with van der Waals surface area (Å²) in [5.74, 6) is 0.241. The van der Waals surface area contributed by atoms with Crippen LogP contribution in [0.15, 0.2) is 30.6 Å². The van der Waals surface area contributed by atoms with E-state index in [0.717, 1.165) is 28.1 Å². The van der Waals surface area contributed by atoms with Crippen molar-refractivity contribution in [2.75, 3.05) is 5.73 Å². The third-order valence-corrected chi connectivity index (χ3v) is 4.81. The highest BCUT2D eigenvalue weighted by molar-refractivity contribution is 5.78. The van der Waals surface area contributed by atoms with Crippen molar-refractivity contribution in [3.8, 4) is 11.3 Å². The minimum Gasteiger partial charge on any atom is -0.368 e. The molecule has 0 fully saturated rings. The van der Waals surface area contributed by atoms with Crippen LogP contribution in [0.4, 0.5) is 5.95 Å². The van der Waals surface area contributed by atoms with Gasteiger partial charge in [0.25, 0.3) is 0 Å². The zero-order valence-corrected chi connectivity index (χ0v) is 15.2. The van der Waals surface area contributed by atoms with Crippen molar-refractivity contribution in [3.05, 3.63) is 47.4 Å². The third-order valence-electron chi connectivity index (χ3n) is 4.81. The van der Waals surface area contributed by atoms with E-state index in [1.54, 1.807) is 4.68 Å². The second-order valence-corrected chi connectivity index (χ2v) is 6.68. The number of fused-ring (bicyclic) bond motifs is 1. The van der Waals surface area contributed by atoms with Crippen LogP contribution in [0.25, 0.3) is 11.3 Å². The fraction of sp³-hybridized carbons (Fsp3) is 0.333. The molecule has 0 unspecified atom stereocenters. The van der Waals surface area contributed by atoms with Crippen LogP contribution in [0, 0.1) is 6.92 Å². The van der Waals surface area contributed by atoms with Gasteiger partial charge in [-0.25, -0.2) is 14.6 Å². The number of hydrogen-bond acceptors (Lipinski definition) is 7. The van der Waals surface area contributed by atoms with Crippen LogP contribution < -0.4 is 5.73 Å². The number of carbonyl (C=O) groups is 1. The van der Waals surface area contributed by atoms with E-state index in [0.29, 0.717) is 19.5 Å². The van der Waals surface area contributed by atoms with Crippen LogP contribution in [0.1, 0.15) is 36.2 Å². The summed E-state index contributed by atoms with van der Waals surface area (Å²) in [5.41, 5.74) is 10.6. The number of anilines is 1. The van der Waals surface area contributed by atoms with E-state index in [1.807, 2.05) is 36.9 Å². The Kier molecular flexibility index (Phi) is 4.27. The highest BCUT2D eigenvalue weighted by Crippen LogP contribution is 2.38. The van der Waals surface area contributed by atoms with Gasteiger partial charge in [-0.15, -0.1) is 5.10 Å². The van der Waals surface area contributed by atoms with Gasteiger partial charge in [0, 0.05) is 17.5 Å². The maximum Gasteiger partial charge on any atom is 0.225 e. The molecule has 3 heterocycles. The second kappa shape index (κ2) is 6.75. The largest absolute Gasteiger partial charge is 0.368 e. The van der Waals surface area contributed by atoms with Crippen LogP contribution in [-0.4, -0.2) is 41.0 Å². The first kappa shape index (κ1) is 17.1. The van der Waals surface area contributed by atoms with E-state index in [9.17, 15) is 4.79 Å². The van der Waals surface area contributed by atoms with Crippen molar-refractivity contribution in [2.24, 2.45) is 0 Å². The van der Waals surface area contributed by atoms with Gasteiger partial charge in [-0.1, -0.05) is 23.8 Å². The number of nitrogen functional groups attached to an aromatic ring is 1. The standard InChI is InChI=1S/C18H20N8O/c1-11-4-3-5-13(8-11)17-14-9-26(12(2)16(14)21-18(19)22-17)15(27)6-7-25-10-20-23-24-25/h3-5,8,10,12H,6-7,9H2,1-2H3,(H2,19,21,22)/t12-/m0/s1. The Morgan fingerprint density at radius 1 is 1.33 bits per heavy atom. The Morgan fingerprint density at radius 2 is 2.19 bits per heavy atom. The summed E-state index contributed by atoms with van der Waals surface area (Å²) >= 11 is 0. The molecule has 0 saturated carbocycles. The van der Waals surface area contributed by atoms with E-state index in [-0.39, 0.29) is 17.9 Å². The SMILES string of the molecule is Cc1cccc(-c2nc(N)nc3c2CN(C(=O)CCn2cnnn2)[C@H]3C)c1. The lowest BCUT2D eigenvalue weighted by molar-refractivity contribution is -0.133. The Labute approximate surface area is 156 Å². The summed E-state index contributed by atoms with van der Waals surface area (Å²) in [7, 11) is 0. The maximum atomic E-state index is 12.8. The predicted octanol–water partition coefficient (Wildman–Crippen LogP) is 1.51. The molecular formula is C18H20N8O. The first-order valence-electron chi connectivity index (χ1n) is 8.76. The number of benzene rings is 1. The number of hydrogen-bond donors (Lipinski definition) is 1. The molecule has 138 valence electrons. The molecule has 0 saturated heterocycles. The summed E-state index contributed by atoms with van der Waals surface area (Å²) in [4.78, 5) is 23.5. The van der Waals surface area contributed by atoms with Gasteiger partial charge in [0.2, 0.25) is 11.9 Å². The number of aryl methyl sites for hydroxylation is 2. The first-order chi connectivity index (χ1) is 13.0. The molecule has 27 heavy (non-hydrogen) atoms. The molecule has 0 spiro atoms. The molecule has 4 rings (SSSR count). The average molecular weight is 364 g/mol. The predicted molar refractivity (Wildman–Crippen MR) is 98.0 cm³/mol. The van der Waals surface area contributed by atoms with Gasteiger partial charge in [-0.3, -0.25) is 4.79 Å². The van der Waals surface area contributed by atoms with Gasteiger partial charge in [0.15, 0.2) is 0 Å². The molecule has 9 heteroatoms. The molecular weight excluding hydrogens is 344 g/mol. The van der Waals surface area contributed by atoms with Crippen LogP contribution in [-0.2, 0) is 17.9 Å². The van der Waals surface area contributed by atoms with Crippen LogP contribution in [0.5, 0.6) is 0 Å². The highest BCUT2D eigenvalue weighted by Gasteiger charge is 2.34. The van der Waals surface area contributed by atoms with E-state index in [4.69, 9.17) is 5.73 Å². The molecule has 0 radical (unpaired) electrons. The molecule has 1 aromatic carbocycles. The number of amides is 1. The molecule has 1 aliphatic rings. The number of aromatic nitrogens is 6. The average Bonchev–Trinajstić information content (AvgIpc) is 3.28. The van der Waals surface area contributed by atoms with Crippen molar-refractivity contribution < 1.29 is 4.79 Å². The van der Waals surface area contributed by atoms with Crippen molar-refractivity contribution >= 4 is 11.9 Å². The summed E-state index contributed by atoms with van der Waals surface area (Å²) in [6, 6.07) is 7.93. The Balaban J connectivity index is 1.62. The van der Waals surface area contributed by atoms with Gasteiger partial charge in [0.1, 0.15) is 6.33 Å². The molecule has 2 aromatic heterocycles. The lowest BCUT2D eigenvalue weighted by Gasteiger charge is -2.21. The first-order valence-corrected chi connectivity index (χ1v) is 8.76. The molecule has 1 atom stereocenters. The third kappa shape index (κ3) is 3.23. The molecule has 3 aromatic rings. The summed E-state index contributed by atoms with van der Waals surface area (Å²) < 4.78 is 1.54. The van der Waals surface area contributed by atoms with Crippen LogP contribution >= 0.6 is 0 Å². The normalized spacial score (nSPS) is 15.8. The van der Waals surface area contributed by atoms with Crippen molar-refractivity contribution in [1.82, 2.24) is 35.1 Å². The highest BCUT2D eigenvalue weighted by atomic mass is 16.2. The summed E-state index contributed by atoms with van der Waals surface area (Å²) in [6.07, 6.45) is 1.81. The lowest BCUT2D eigenvalue weighted by Crippen LogP contribution is -2.29. The number of rotatable bonds is 4. The smallest absolute Gasteiger partial charge is 0.225 e. The topological polar surface area (TPSA) is 116 Å². The number of carbonyl (C=O) groups excluding carboxylic acids is 1. The van der Waals surface area contributed by atoms with Gasteiger partial charge >= 0.3 is 0 Å². The zero-order valence-electron chi connectivity index (χ0n) is 15.2. The number of tetrazole rings is 1. The maximum absolute atomic E-state index is 12.8. The lowest BCUT2D eigenvalue weighted by atomic mass is 10.0. The Hall–Kier alpha value is -3.36. The quantitative estimate of drug-likeness (QED) is 0.746. The fourth-order valence-corrected chi connectivity index (χ4v) is 3.45. The molecule has 2 N–H and O–H groups in total. The number of nitrogens with two attached hydrogens (primary N) is 1. The molecule has 1 aliphatic heterocycles. The van der Waals surface area contributed by atoms with Gasteiger partial charge in [0.05, 0.1) is 30.5 Å². The van der Waals surface area contributed by atoms with Crippen molar-refractivity contribution in [2.45, 2.75) is 39.4 Å². The van der Waals surface area contributed by atoms with E-state index in [2.05, 4.69) is 31.6 Å². The van der Waals surface area contributed by atoms with Gasteiger partial charge < -0.3 is 10.6 Å². The summed E-state index contributed by atoms with van der Waals surface area (Å²) in [5, 5.41) is 11.0. The Morgan fingerprint density at radius 3 is 2.93 bits per heavy atom. The molecule has 0 aliphatic carbocycles. The minimum absolute atomic E-state index is 0.0183. The molecule has 0 bridgehead atoms. The Bertz CT molecular complexity index is 985. The van der Waals surface area contributed by atoms with Gasteiger partial charge in [-0.2, -0.15) is 0 Å². The number of nitrogens with zero attached hydrogens (tertiary/aromatic N) is 7. The van der Waals surface area contributed by atoms with Crippen molar-refractivity contribution in [1.29, 1.82) is 0 Å². The van der Waals surface area contributed by atoms with Crippen LogP contribution in [0.3, 0.4) is 0 Å². The molecule has 9 nitrogen and oxygen atoms in total.